The summed E-state index contributed by atoms with van der Waals surface area (Å²) in [5.74, 6) is 0.940. The SMILES string of the molecule is CCCCCNC(=NCCCc1cnn(C)c1)NCC.I. The molecule has 0 saturated carbocycles. The van der Waals surface area contributed by atoms with Gasteiger partial charge in [-0.2, -0.15) is 5.10 Å². The van der Waals surface area contributed by atoms with Gasteiger partial charge in [-0.05, 0) is 31.7 Å². The van der Waals surface area contributed by atoms with E-state index in [0.717, 1.165) is 38.4 Å². The van der Waals surface area contributed by atoms with Crippen molar-refractivity contribution in [2.75, 3.05) is 19.6 Å². The topological polar surface area (TPSA) is 54.2 Å². The van der Waals surface area contributed by atoms with Crippen molar-refractivity contribution in [2.24, 2.45) is 12.0 Å². The highest BCUT2D eigenvalue weighted by Crippen LogP contribution is 2.00. The molecule has 0 amide bonds. The van der Waals surface area contributed by atoms with Gasteiger partial charge in [0.05, 0.1) is 6.20 Å². The van der Waals surface area contributed by atoms with Gasteiger partial charge in [0.15, 0.2) is 5.96 Å². The van der Waals surface area contributed by atoms with Crippen molar-refractivity contribution >= 4 is 29.9 Å². The molecule has 0 aromatic carbocycles. The maximum Gasteiger partial charge on any atom is 0.191 e. The average Bonchev–Trinajstić information content (AvgIpc) is 2.85. The Balaban J connectivity index is 0.00000400. The summed E-state index contributed by atoms with van der Waals surface area (Å²) < 4.78 is 1.85. The van der Waals surface area contributed by atoms with E-state index in [1.165, 1.54) is 24.8 Å². The van der Waals surface area contributed by atoms with Gasteiger partial charge in [-0.3, -0.25) is 9.67 Å². The van der Waals surface area contributed by atoms with E-state index in [4.69, 9.17) is 0 Å². The lowest BCUT2D eigenvalue weighted by Crippen LogP contribution is -2.37. The zero-order chi connectivity index (χ0) is 14.6. The Hall–Kier alpha value is -0.790. The number of rotatable bonds is 9. The number of nitrogens with one attached hydrogen (secondary N) is 2. The summed E-state index contributed by atoms with van der Waals surface area (Å²) in [6, 6.07) is 0. The minimum Gasteiger partial charge on any atom is -0.357 e. The minimum atomic E-state index is 0. The first-order valence-electron chi connectivity index (χ1n) is 7.76. The standard InChI is InChI=1S/C15H29N5.HI/c1-4-6-7-10-17-15(16-5-2)18-11-8-9-14-12-19-20(3)13-14;/h12-13H,4-11H2,1-3H3,(H2,16,17,18);1H. The van der Waals surface area contributed by atoms with E-state index in [1.807, 2.05) is 17.9 Å². The van der Waals surface area contributed by atoms with Crippen molar-refractivity contribution in [3.05, 3.63) is 18.0 Å². The third-order valence-corrected chi connectivity index (χ3v) is 3.07. The molecular formula is C15H30IN5. The van der Waals surface area contributed by atoms with Crippen molar-refractivity contribution in [3.8, 4) is 0 Å². The maximum absolute atomic E-state index is 4.60. The number of guanidine groups is 1. The molecule has 1 aromatic heterocycles. The molecule has 0 radical (unpaired) electrons. The van der Waals surface area contributed by atoms with Crippen LogP contribution in [0.15, 0.2) is 17.4 Å². The van der Waals surface area contributed by atoms with Crippen LogP contribution in [0.3, 0.4) is 0 Å². The van der Waals surface area contributed by atoms with Crippen LogP contribution in [0.1, 0.15) is 45.1 Å². The third-order valence-electron chi connectivity index (χ3n) is 3.07. The molecule has 5 nitrogen and oxygen atoms in total. The van der Waals surface area contributed by atoms with Crippen molar-refractivity contribution in [3.63, 3.8) is 0 Å². The fourth-order valence-corrected chi connectivity index (χ4v) is 2.00. The molecule has 1 rings (SSSR count). The number of hydrogen-bond donors (Lipinski definition) is 2. The quantitative estimate of drug-likeness (QED) is 0.287. The van der Waals surface area contributed by atoms with Gasteiger partial charge in [0, 0.05) is 32.9 Å². The Bertz CT molecular complexity index is 389. The number of aromatic nitrogens is 2. The van der Waals surface area contributed by atoms with E-state index in [1.54, 1.807) is 0 Å². The van der Waals surface area contributed by atoms with Crippen LogP contribution in [0.5, 0.6) is 0 Å². The Labute approximate surface area is 146 Å². The fraction of sp³-hybridized carbons (Fsp3) is 0.733. The van der Waals surface area contributed by atoms with E-state index < -0.39 is 0 Å². The number of aryl methyl sites for hydroxylation is 2. The van der Waals surface area contributed by atoms with Crippen molar-refractivity contribution in [1.82, 2.24) is 20.4 Å². The van der Waals surface area contributed by atoms with Gasteiger partial charge < -0.3 is 10.6 Å². The molecule has 0 spiro atoms. The molecule has 0 aliphatic rings. The second kappa shape index (κ2) is 12.9. The first-order chi connectivity index (χ1) is 9.76. The zero-order valence-electron chi connectivity index (χ0n) is 13.6. The van der Waals surface area contributed by atoms with Gasteiger partial charge in [0.2, 0.25) is 0 Å². The second-order valence-corrected chi connectivity index (χ2v) is 5.02. The Morgan fingerprint density at radius 3 is 2.67 bits per heavy atom. The summed E-state index contributed by atoms with van der Waals surface area (Å²) in [5, 5.41) is 10.8. The predicted octanol–water partition coefficient (Wildman–Crippen LogP) is 2.72. The lowest BCUT2D eigenvalue weighted by molar-refractivity contribution is 0.681. The maximum atomic E-state index is 4.60. The summed E-state index contributed by atoms with van der Waals surface area (Å²) in [5.41, 5.74) is 1.28. The van der Waals surface area contributed by atoms with Crippen LogP contribution >= 0.6 is 24.0 Å². The summed E-state index contributed by atoms with van der Waals surface area (Å²) in [6.45, 7) is 7.07. The van der Waals surface area contributed by atoms with Crippen LogP contribution in [0.2, 0.25) is 0 Å². The zero-order valence-corrected chi connectivity index (χ0v) is 15.9. The molecule has 0 saturated heterocycles. The Morgan fingerprint density at radius 2 is 2.05 bits per heavy atom. The number of aliphatic imine (C=N–C) groups is 1. The van der Waals surface area contributed by atoms with Crippen molar-refractivity contribution in [2.45, 2.75) is 46.0 Å². The van der Waals surface area contributed by atoms with E-state index >= 15 is 0 Å². The smallest absolute Gasteiger partial charge is 0.191 e. The molecular weight excluding hydrogens is 377 g/mol. The van der Waals surface area contributed by atoms with Crippen molar-refractivity contribution in [1.29, 1.82) is 0 Å². The molecule has 0 unspecified atom stereocenters. The molecule has 6 heteroatoms. The van der Waals surface area contributed by atoms with Crippen molar-refractivity contribution < 1.29 is 0 Å². The highest BCUT2D eigenvalue weighted by Gasteiger charge is 1.98. The van der Waals surface area contributed by atoms with E-state index in [-0.39, 0.29) is 24.0 Å². The highest BCUT2D eigenvalue weighted by atomic mass is 127. The summed E-state index contributed by atoms with van der Waals surface area (Å²) in [4.78, 5) is 4.60. The normalized spacial score (nSPS) is 11.1. The molecule has 122 valence electrons. The van der Waals surface area contributed by atoms with Crippen LogP contribution in [0, 0.1) is 0 Å². The number of nitrogens with zero attached hydrogens (tertiary/aromatic N) is 3. The lowest BCUT2D eigenvalue weighted by atomic mass is 10.2. The first kappa shape index (κ1) is 20.2. The summed E-state index contributed by atoms with van der Waals surface area (Å²) >= 11 is 0. The molecule has 1 heterocycles. The number of unbranched alkanes of at least 4 members (excludes halogenated alkanes) is 2. The average molecular weight is 407 g/mol. The van der Waals surface area contributed by atoms with Crippen LogP contribution in [-0.4, -0.2) is 35.4 Å². The van der Waals surface area contributed by atoms with Gasteiger partial charge in [0.1, 0.15) is 0 Å². The third kappa shape index (κ3) is 9.71. The van der Waals surface area contributed by atoms with Gasteiger partial charge in [-0.15, -0.1) is 24.0 Å². The lowest BCUT2D eigenvalue weighted by Gasteiger charge is -2.10. The minimum absolute atomic E-state index is 0. The van der Waals surface area contributed by atoms with Gasteiger partial charge in [-0.1, -0.05) is 19.8 Å². The van der Waals surface area contributed by atoms with E-state index in [9.17, 15) is 0 Å². The molecule has 0 atom stereocenters. The Morgan fingerprint density at radius 1 is 1.24 bits per heavy atom. The summed E-state index contributed by atoms with van der Waals surface area (Å²) in [6.07, 6.45) is 9.81. The molecule has 0 fully saturated rings. The molecule has 0 aliphatic heterocycles. The van der Waals surface area contributed by atoms with Gasteiger partial charge >= 0.3 is 0 Å². The van der Waals surface area contributed by atoms with E-state index in [2.05, 4.69) is 40.8 Å². The molecule has 2 N–H and O–H groups in total. The van der Waals surface area contributed by atoms with Gasteiger partial charge in [-0.25, -0.2) is 0 Å². The fourth-order valence-electron chi connectivity index (χ4n) is 2.00. The molecule has 0 aliphatic carbocycles. The number of hydrogen-bond acceptors (Lipinski definition) is 2. The van der Waals surface area contributed by atoms with Gasteiger partial charge in [0.25, 0.3) is 0 Å². The molecule has 21 heavy (non-hydrogen) atoms. The Kier molecular flexibility index (Phi) is 12.4. The highest BCUT2D eigenvalue weighted by molar-refractivity contribution is 14.0. The second-order valence-electron chi connectivity index (χ2n) is 5.02. The predicted molar refractivity (Wildman–Crippen MR) is 100 cm³/mol. The first-order valence-corrected chi connectivity index (χ1v) is 7.76. The monoisotopic (exact) mass is 407 g/mol. The largest absolute Gasteiger partial charge is 0.357 e. The number of halogens is 1. The van der Waals surface area contributed by atoms with Crippen LogP contribution in [0.4, 0.5) is 0 Å². The van der Waals surface area contributed by atoms with E-state index in [0.29, 0.717) is 0 Å². The van der Waals surface area contributed by atoms with Crippen LogP contribution in [-0.2, 0) is 13.5 Å². The summed E-state index contributed by atoms with van der Waals surface area (Å²) in [7, 11) is 1.95. The van der Waals surface area contributed by atoms with Crippen LogP contribution < -0.4 is 10.6 Å². The molecule has 0 bridgehead atoms. The van der Waals surface area contributed by atoms with Crippen LogP contribution in [0.25, 0.3) is 0 Å². The molecule has 1 aromatic rings.